The minimum Gasteiger partial charge on any atom is -0.465 e. The number of carboxylic acid groups (broad SMARTS) is 1. The SMILES string of the molecule is O=C(O)N1/C=C\C=C/Oc2ccc3ncnc(c3c2)/N=c2/cccc/c2=C/C1. The number of rotatable bonds is 0. The molecule has 7 heteroatoms. The summed E-state index contributed by atoms with van der Waals surface area (Å²) in [6.07, 6.45) is 8.42. The van der Waals surface area contributed by atoms with Crippen LogP contribution in [-0.4, -0.2) is 32.6 Å². The number of hydrogen-bond acceptors (Lipinski definition) is 5. The molecule has 0 radical (unpaired) electrons. The normalized spacial score (nSPS) is 18.4. The number of para-hydroxylation sites is 1. The minimum absolute atomic E-state index is 0.181. The molecule has 1 N–H and O–H groups in total. The molecule has 28 heavy (non-hydrogen) atoms. The van der Waals surface area contributed by atoms with Crippen LogP contribution in [0.3, 0.4) is 0 Å². The van der Waals surface area contributed by atoms with Gasteiger partial charge in [0.25, 0.3) is 0 Å². The van der Waals surface area contributed by atoms with Crippen LogP contribution in [0.5, 0.6) is 5.75 Å². The Morgan fingerprint density at radius 1 is 1.11 bits per heavy atom. The van der Waals surface area contributed by atoms with Crippen molar-refractivity contribution in [3.05, 3.63) is 84.0 Å². The molecule has 2 bridgehead atoms. The predicted octanol–water partition coefficient (Wildman–Crippen LogP) is 2.76. The van der Waals surface area contributed by atoms with Gasteiger partial charge in [0.1, 0.15) is 12.1 Å². The van der Waals surface area contributed by atoms with E-state index in [1.807, 2.05) is 42.5 Å². The Morgan fingerprint density at radius 3 is 2.89 bits per heavy atom. The van der Waals surface area contributed by atoms with Crippen LogP contribution >= 0.6 is 0 Å². The second-order valence-corrected chi connectivity index (χ2v) is 5.97. The van der Waals surface area contributed by atoms with E-state index in [9.17, 15) is 9.90 Å². The van der Waals surface area contributed by atoms with Gasteiger partial charge < -0.3 is 9.84 Å². The summed E-state index contributed by atoms with van der Waals surface area (Å²) in [4.78, 5) is 25.9. The third-order valence-electron chi connectivity index (χ3n) is 4.16. The highest BCUT2D eigenvalue weighted by Crippen LogP contribution is 2.25. The van der Waals surface area contributed by atoms with Gasteiger partial charge in [-0.05, 0) is 41.6 Å². The van der Waals surface area contributed by atoms with Crippen LogP contribution in [-0.2, 0) is 0 Å². The molecule has 1 amide bonds. The topological polar surface area (TPSA) is 87.9 Å². The van der Waals surface area contributed by atoms with E-state index >= 15 is 0 Å². The fraction of sp³-hybridized carbons (Fsp3) is 0.0476. The highest BCUT2D eigenvalue weighted by atomic mass is 16.5. The number of aromatic nitrogens is 2. The highest BCUT2D eigenvalue weighted by molar-refractivity contribution is 5.88. The zero-order valence-electron chi connectivity index (χ0n) is 14.8. The number of hydrogen-bond donors (Lipinski definition) is 1. The first-order valence-corrected chi connectivity index (χ1v) is 8.59. The molecule has 1 aliphatic rings. The van der Waals surface area contributed by atoms with Crippen LogP contribution in [0.1, 0.15) is 0 Å². The molecule has 4 rings (SSSR count). The lowest BCUT2D eigenvalue weighted by Crippen LogP contribution is -2.29. The molecule has 138 valence electrons. The summed E-state index contributed by atoms with van der Waals surface area (Å²) in [5.41, 5.74) is 0.757. The van der Waals surface area contributed by atoms with Gasteiger partial charge in [0.15, 0.2) is 5.82 Å². The third-order valence-corrected chi connectivity index (χ3v) is 4.16. The monoisotopic (exact) mass is 372 g/mol. The van der Waals surface area contributed by atoms with Gasteiger partial charge in [0.2, 0.25) is 0 Å². The van der Waals surface area contributed by atoms with Crippen LogP contribution in [0.15, 0.2) is 78.4 Å². The van der Waals surface area contributed by atoms with Crippen LogP contribution in [0.25, 0.3) is 17.0 Å². The molecule has 3 aromatic rings. The number of ether oxygens (including phenoxy) is 1. The van der Waals surface area contributed by atoms with Crippen LogP contribution in [0, 0.1) is 0 Å². The lowest BCUT2D eigenvalue weighted by Gasteiger charge is -2.10. The summed E-state index contributed by atoms with van der Waals surface area (Å²) in [6, 6.07) is 13.0. The maximum absolute atomic E-state index is 11.5. The van der Waals surface area contributed by atoms with Gasteiger partial charge in [0.05, 0.1) is 17.1 Å². The quantitative estimate of drug-likeness (QED) is 0.656. The summed E-state index contributed by atoms with van der Waals surface area (Å²) in [5.74, 6) is 1.12. The first-order chi connectivity index (χ1) is 13.7. The van der Waals surface area contributed by atoms with Crippen LogP contribution < -0.4 is 15.3 Å². The lowest BCUT2D eigenvalue weighted by molar-refractivity contribution is 0.167. The van der Waals surface area contributed by atoms with Crippen molar-refractivity contribution in [1.29, 1.82) is 0 Å². The van der Waals surface area contributed by atoms with Crippen molar-refractivity contribution in [3.63, 3.8) is 0 Å². The molecule has 2 heterocycles. The number of fused-ring (bicyclic) bond motifs is 2. The third kappa shape index (κ3) is 3.73. The molecule has 0 spiro atoms. The molecule has 0 fully saturated rings. The van der Waals surface area contributed by atoms with Gasteiger partial charge in [-0.1, -0.05) is 24.3 Å². The molecule has 2 aromatic carbocycles. The average molecular weight is 372 g/mol. The molecular weight excluding hydrogens is 356 g/mol. The van der Waals surface area contributed by atoms with E-state index < -0.39 is 6.09 Å². The average Bonchev–Trinajstić information content (AvgIpc) is 2.71. The van der Waals surface area contributed by atoms with E-state index in [1.54, 1.807) is 18.2 Å². The van der Waals surface area contributed by atoms with E-state index in [0.29, 0.717) is 16.9 Å². The summed E-state index contributed by atoms with van der Waals surface area (Å²) >= 11 is 0. The van der Waals surface area contributed by atoms with Crippen molar-refractivity contribution in [1.82, 2.24) is 14.9 Å². The van der Waals surface area contributed by atoms with E-state index in [0.717, 1.165) is 16.1 Å². The van der Waals surface area contributed by atoms with Crippen molar-refractivity contribution in [3.8, 4) is 5.75 Å². The first-order valence-electron chi connectivity index (χ1n) is 8.59. The van der Waals surface area contributed by atoms with E-state index in [2.05, 4.69) is 9.97 Å². The van der Waals surface area contributed by atoms with Crippen molar-refractivity contribution >= 4 is 28.9 Å². The van der Waals surface area contributed by atoms with Crippen molar-refractivity contribution in [2.45, 2.75) is 0 Å². The van der Waals surface area contributed by atoms with E-state index in [1.165, 1.54) is 23.7 Å². The maximum atomic E-state index is 11.5. The lowest BCUT2D eigenvalue weighted by atomic mass is 10.2. The Balaban J connectivity index is 1.96. The zero-order chi connectivity index (χ0) is 19.3. The largest absolute Gasteiger partial charge is 0.465 e. The summed E-state index contributed by atoms with van der Waals surface area (Å²) in [7, 11) is 0. The van der Waals surface area contributed by atoms with Gasteiger partial charge in [0, 0.05) is 18.1 Å². The first kappa shape index (κ1) is 17.4. The standard InChI is InChI=1S/C21H16N4O3/c26-21(27)25-10-3-4-12-28-16-7-8-19-17(13-16)20(23-14-22-19)24-18-6-2-1-5-15(18)9-11-25/h1-10,12-14H,11H2,(H,26,27)/b10-3-,12-4-,15-9-,24-18-. The van der Waals surface area contributed by atoms with Crippen molar-refractivity contribution in [2.24, 2.45) is 4.99 Å². The fourth-order valence-corrected chi connectivity index (χ4v) is 2.78. The van der Waals surface area contributed by atoms with Gasteiger partial charge in [-0.3, -0.25) is 4.90 Å². The van der Waals surface area contributed by atoms with Gasteiger partial charge >= 0.3 is 6.09 Å². The summed E-state index contributed by atoms with van der Waals surface area (Å²) in [5, 5.41) is 11.7. The second kappa shape index (κ2) is 7.71. The maximum Gasteiger partial charge on any atom is 0.411 e. The van der Waals surface area contributed by atoms with E-state index in [4.69, 9.17) is 9.73 Å². The van der Waals surface area contributed by atoms with E-state index in [-0.39, 0.29) is 6.54 Å². The molecular formula is C21H16N4O3. The van der Waals surface area contributed by atoms with Gasteiger partial charge in [-0.2, -0.15) is 0 Å². The smallest absolute Gasteiger partial charge is 0.411 e. The number of allylic oxidation sites excluding steroid dienone is 2. The number of nitrogens with zero attached hydrogens (tertiary/aromatic N) is 4. The summed E-state index contributed by atoms with van der Waals surface area (Å²) in [6.45, 7) is 0.181. The minimum atomic E-state index is -1.05. The zero-order valence-corrected chi connectivity index (χ0v) is 14.8. The molecule has 1 aliphatic heterocycles. The molecule has 1 aromatic heterocycles. The summed E-state index contributed by atoms with van der Waals surface area (Å²) < 4.78 is 5.61. The molecule has 0 atom stereocenters. The Bertz CT molecular complexity index is 1220. The van der Waals surface area contributed by atoms with Gasteiger partial charge in [-0.15, -0.1) is 0 Å². The van der Waals surface area contributed by atoms with Crippen molar-refractivity contribution < 1.29 is 14.6 Å². The molecule has 0 saturated heterocycles. The Labute approximate surface area is 160 Å². The number of amides is 1. The fourth-order valence-electron chi connectivity index (χ4n) is 2.78. The van der Waals surface area contributed by atoms with Crippen molar-refractivity contribution in [2.75, 3.05) is 6.54 Å². The predicted molar refractivity (Wildman–Crippen MR) is 105 cm³/mol. The Kier molecular flexibility index (Phi) is 4.79. The van der Waals surface area contributed by atoms with Crippen LogP contribution in [0.2, 0.25) is 0 Å². The number of carbonyl (C=O) groups is 1. The number of benzene rings is 2. The molecule has 0 unspecified atom stereocenters. The Hall–Kier alpha value is -4.00. The Morgan fingerprint density at radius 2 is 2.00 bits per heavy atom. The van der Waals surface area contributed by atoms with Gasteiger partial charge in [-0.25, -0.2) is 19.8 Å². The molecule has 7 nitrogen and oxygen atoms in total. The molecule has 0 aliphatic carbocycles. The van der Waals surface area contributed by atoms with Crippen LogP contribution in [0.4, 0.5) is 10.6 Å². The second-order valence-electron chi connectivity index (χ2n) is 5.97. The highest BCUT2D eigenvalue weighted by Gasteiger charge is 2.07. The molecule has 0 saturated carbocycles.